The molecule has 2 rings (SSSR count). The van der Waals surface area contributed by atoms with Gasteiger partial charge in [-0.2, -0.15) is 0 Å². The fraction of sp³-hybridized carbons (Fsp3) is 0.357. The van der Waals surface area contributed by atoms with E-state index in [2.05, 4.69) is 21.8 Å². The maximum Gasteiger partial charge on any atom is 0.269 e. The second kappa shape index (κ2) is 6.29. The van der Waals surface area contributed by atoms with Gasteiger partial charge >= 0.3 is 0 Å². The number of nitro groups is 1. The Hall–Kier alpha value is -2.21. The third kappa shape index (κ3) is 3.21. The molecule has 0 saturated carbocycles. The summed E-state index contributed by atoms with van der Waals surface area (Å²) in [4.78, 5) is 14.7. The van der Waals surface area contributed by atoms with E-state index in [0.29, 0.717) is 6.54 Å². The van der Waals surface area contributed by atoms with E-state index in [0.717, 1.165) is 17.9 Å². The van der Waals surface area contributed by atoms with Gasteiger partial charge in [-0.3, -0.25) is 10.1 Å². The van der Waals surface area contributed by atoms with Crippen LogP contribution in [0.5, 0.6) is 0 Å². The van der Waals surface area contributed by atoms with Crippen LogP contribution in [0.25, 0.3) is 0 Å². The van der Waals surface area contributed by atoms with Crippen LogP contribution >= 0.6 is 0 Å². The maximum atomic E-state index is 10.8. The molecule has 1 N–H and O–H groups in total. The van der Waals surface area contributed by atoms with E-state index in [1.807, 2.05) is 19.2 Å². The van der Waals surface area contributed by atoms with Crippen molar-refractivity contribution in [3.05, 3.63) is 58.2 Å². The number of benzene rings is 1. The molecule has 1 unspecified atom stereocenters. The van der Waals surface area contributed by atoms with E-state index in [1.54, 1.807) is 18.3 Å². The van der Waals surface area contributed by atoms with E-state index < -0.39 is 0 Å². The standard InChI is InChI=1S/C14H18N4O2/c1-3-17-8-7-15-14(17)10-16-11(2)12-5-4-6-13(9-12)18(19)20/h4-9,11,16H,3,10H2,1-2H3. The summed E-state index contributed by atoms with van der Waals surface area (Å²) in [7, 11) is 0. The van der Waals surface area contributed by atoms with Gasteiger partial charge in [0.25, 0.3) is 5.69 Å². The van der Waals surface area contributed by atoms with Crippen molar-refractivity contribution in [1.82, 2.24) is 14.9 Å². The topological polar surface area (TPSA) is 73.0 Å². The highest BCUT2D eigenvalue weighted by Gasteiger charge is 2.11. The molecule has 1 aromatic carbocycles. The summed E-state index contributed by atoms with van der Waals surface area (Å²) in [5.41, 5.74) is 1.01. The molecule has 0 radical (unpaired) electrons. The number of aromatic nitrogens is 2. The van der Waals surface area contributed by atoms with Crippen molar-refractivity contribution < 1.29 is 4.92 Å². The van der Waals surface area contributed by atoms with Crippen molar-refractivity contribution in [2.75, 3.05) is 0 Å². The fourth-order valence-corrected chi connectivity index (χ4v) is 2.07. The summed E-state index contributed by atoms with van der Waals surface area (Å²) in [6.07, 6.45) is 3.72. The van der Waals surface area contributed by atoms with Gasteiger partial charge in [0.2, 0.25) is 0 Å². The largest absolute Gasteiger partial charge is 0.334 e. The Labute approximate surface area is 117 Å². The second-order valence-electron chi connectivity index (χ2n) is 4.58. The molecule has 20 heavy (non-hydrogen) atoms. The highest BCUT2D eigenvalue weighted by molar-refractivity contribution is 5.35. The quantitative estimate of drug-likeness (QED) is 0.649. The molecule has 0 spiro atoms. The average molecular weight is 274 g/mol. The summed E-state index contributed by atoms with van der Waals surface area (Å²) in [5.74, 6) is 0.963. The molecule has 6 heteroatoms. The smallest absolute Gasteiger partial charge is 0.269 e. The number of non-ortho nitro benzene ring substituents is 1. The molecule has 106 valence electrons. The predicted octanol–water partition coefficient (Wildman–Crippen LogP) is 2.66. The Bertz CT molecular complexity index is 594. The molecule has 0 aliphatic rings. The van der Waals surface area contributed by atoms with Gasteiger partial charge in [-0.15, -0.1) is 0 Å². The second-order valence-corrected chi connectivity index (χ2v) is 4.58. The van der Waals surface area contributed by atoms with Crippen molar-refractivity contribution in [3.63, 3.8) is 0 Å². The van der Waals surface area contributed by atoms with E-state index in [9.17, 15) is 10.1 Å². The lowest BCUT2D eigenvalue weighted by molar-refractivity contribution is -0.384. The Morgan fingerprint density at radius 2 is 2.30 bits per heavy atom. The van der Waals surface area contributed by atoms with Crippen molar-refractivity contribution in [1.29, 1.82) is 0 Å². The van der Waals surface area contributed by atoms with E-state index in [-0.39, 0.29) is 16.7 Å². The van der Waals surface area contributed by atoms with Crippen LogP contribution in [-0.4, -0.2) is 14.5 Å². The molecule has 0 saturated heterocycles. The number of nitrogens with one attached hydrogen (secondary N) is 1. The van der Waals surface area contributed by atoms with Crippen molar-refractivity contribution in [2.45, 2.75) is 33.0 Å². The maximum absolute atomic E-state index is 10.8. The molecule has 1 aromatic heterocycles. The normalized spacial score (nSPS) is 12.3. The molecule has 0 aliphatic heterocycles. The first-order chi connectivity index (χ1) is 9.61. The molecule has 0 bridgehead atoms. The number of imidazole rings is 1. The van der Waals surface area contributed by atoms with Crippen LogP contribution < -0.4 is 5.32 Å². The lowest BCUT2D eigenvalue weighted by Crippen LogP contribution is -2.20. The lowest BCUT2D eigenvalue weighted by Gasteiger charge is -2.14. The van der Waals surface area contributed by atoms with Crippen LogP contribution in [0.4, 0.5) is 5.69 Å². The fourth-order valence-electron chi connectivity index (χ4n) is 2.07. The molecule has 0 aliphatic carbocycles. The van der Waals surface area contributed by atoms with Gasteiger partial charge < -0.3 is 9.88 Å². The van der Waals surface area contributed by atoms with Gasteiger partial charge in [0, 0.05) is 37.1 Å². The third-order valence-corrected chi connectivity index (χ3v) is 3.29. The first kappa shape index (κ1) is 14.2. The Morgan fingerprint density at radius 1 is 1.50 bits per heavy atom. The summed E-state index contributed by atoms with van der Waals surface area (Å²) in [6, 6.07) is 6.72. The van der Waals surface area contributed by atoms with Crippen molar-refractivity contribution in [3.8, 4) is 0 Å². The van der Waals surface area contributed by atoms with Gasteiger partial charge in [-0.1, -0.05) is 12.1 Å². The van der Waals surface area contributed by atoms with Crippen LogP contribution in [0.15, 0.2) is 36.7 Å². The van der Waals surface area contributed by atoms with E-state index in [4.69, 9.17) is 0 Å². The van der Waals surface area contributed by atoms with Gasteiger partial charge in [0.15, 0.2) is 0 Å². The first-order valence-electron chi connectivity index (χ1n) is 6.59. The minimum atomic E-state index is -0.375. The number of rotatable bonds is 6. The zero-order valence-corrected chi connectivity index (χ0v) is 11.6. The zero-order chi connectivity index (χ0) is 14.5. The highest BCUT2D eigenvalue weighted by Crippen LogP contribution is 2.19. The summed E-state index contributed by atoms with van der Waals surface area (Å²) >= 11 is 0. The predicted molar refractivity (Wildman–Crippen MR) is 76.3 cm³/mol. The Kier molecular flexibility index (Phi) is 4.47. The van der Waals surface area contributed by atoms with Crippen LogP contribution in [0, 0.1) is 10.1 Å². The van der Waals surface area contributed by atoms with Gasteiger partial charge in [0.05, 0.1) is 11.5 Å². The number of nitrogens with zero attached hydrogens (tertiary/aromatic N) is 3. The third-order valence-electron chi connectivity index (χ3n) is 3.29. The first-order valence-corrected chi connectivity index (χ1v) is 6.59. The molecular formula is C14H18N4O2. The molecular weight excluding hydrogens is 256 g/mol. The summed E-state index contributed by atoms with van der Waals surface area (Å²) in [5, 5.41) is 14.1. The highest BCUT2D eigenvalue weighted by atomic mass is 16.6. The van der Waals surface area contributed by atoms with Crippen LogP contribution in [0.3, 0.4) is 0 Å². The van der Waals surface area contributed by atoms with Crippen LogP contribution in [-0.2, 0) is 13.1 Å². The van der Waals surface area contributed by atoms with Crippen LogP contribution in [0.2, 0.25) is 0 Å². The summed E-state index contributed by atoms with van der Waals surface area (Å²) in [6.45, 7) is 5.56. The van der Waals surface area contributed by atoms with Gasteiger partial charge in [-0.05, 0) is 19.4 Å². The average Bonchev–Trinajstić information content (AvgIpc) is 2.92. The van der Waals surface area contributed by atoms with Gasteiger partial charge in [0.1, 0.15) is 5.82 Å². The van der Waals surface area contributed by atoms with E-state index >= 15 is 0 Å². The zero-order valence-electron chi connectivity index (χ0n) is 11.6. The molecule has 6 nitrogen and oxygen atoms in total. The summed E-state index contributed by atoms with van der Waals surface area (Å²) < 4.78 is 2.06. The van der Waals surface area contributed by atoms with Crippen molar-refractivity contribution >= 4 is 5.69 Å². The van der Waals surface area contributed by atoms with Gasteiger partial charge in [-0.25, -0.2) is 4.98 Å². The number of aryl methyl sites for hydroxylation is 1. The van der Waals surface area contributed by atoms with Crippen LogP contribution in [0.1, 0.15) is 31.3 Å². The monoisotopic (exact) mass is 274 g/mol. The molecule has 0 amide bonds. The van der Waals surface area contributed by atoms with Crippen molar-refractivity contribution in [2.24, 2.45) is 0 Å². The number of hydrogen-bond donors (Lipinski definition) is 1. The molecule has 1 heterocycles. The molecule has 2 aromatic rings. The number of nitro benzene ring substituents is 1. The Balaban J connectivity index is 2.03. The molecule has 0 fully saturated rings. The Morgan fingerprint density at radius 3 is 3.00 bits per heavy atom. The molecule has 1 atom stereocenters. The lowest BCUT2D eigenvalue weighted by atomic mass is 10.1. The number of hydrogen-bond acceptors (Lipinski definition) is 4. The minimum absolute atomic E-state index is 0.0249. The minimum Gasteiger partial charge on any atom is -0.334 e. The van der Waals surface area contributed by atoms with E-state index in [1.165, 1.54) is 6.07 Å². The SMILES string of the molecule is CCn1ccnc1CNC(C)c1cccc([N+](=O)[O-])c1.